The molecule has 3 rings (SSSR count). The predicted molar refractivity (Wildman–Crippen MR) is 95.4 cm³/mol. The fourth-order valence-corrected chi connectivity index (χ4v) is 3.24. The van der Waals surface area contributed by atoms with Crippen molar-refractivity contribution in [2.24, 2.45) is 10.4 Å². The molecule has 1 unspecified atom stereocenters. The molecule has 1 atom stereocenters. The molecule has 1 heterocycles. The highest BCUT2D eigenvalue weighted by Crippen LogP contribution is 2.45. The number of hydrogen-bond donors (Lipinski definition) is 2. The van der Waals surface area contributed by atoms with E-state index < -0.39 is 0 Å². The van der Waals surface area contributed by atoms with Gasteiger partial charge in [-0.1, -0.05) is 19.9 Å². The molecule has 124 valence electrons. The summed E-state index contributed by atoms with van der Waals surface area (Å²) in [6, 6.07) is 11.5. The summed E-state index contributed by atoms with van der Waals surface area (Å²) in [6.45, 7) is 4.32. The second kappa shape index (κ2) is 6.62. The summed E-state index contributed by atoms with van der Waals surface area (Å²) in [6.07, 6.45) is 6.06. The molecule has 1 aliphatic carbocycles. The van der Waals surface area contributed by atoms with E-state index in [2.05, 4.69) is 40.5 Å². The lowest BCUT2D eigenvalue weighted by Gasteiger charge is -2.29. The number of nitrogens with one attached hydrogen (secondary N) is 2. The van der Waals surface area contributed by atoms with Gasteiger partial charge in [-0.3, -0.25) is 4.98 Å². The molecule has 25 heavy (non-hydrogen) atoms. The minimum atomic E-state index is -0.0801. The monoisotopic (exact) mass is 330 g/mol. The van der Waals surface area contributed by atoms with Crippen molar-refractivity contribution >= 4 is 11.6 Å². The molecule has 0 saturated carbocycles. The molecule has 0 amide bonds. The zero-order valence-corrected chi connectivity index (χ0v) is 14.1. The number of aromatic nitrogens is 1. The Morgan fingerprint density at radius 3 is 2.84 bits per heavy atom. The first-order valence-electron chi connectivity index (χ1n) is 7.97. The zero-order chi connectivity index (χ0) is 17.9. The van der Waals surface area contributed by atoms with Crippen LogP contribution in [0.1, 0.15) is 36.6 Å². The Balaban J connectivity index is 1.91. The maximum Gasteiger partial charge on any atom is 0.212 e. The van der Waals surface area contributed by atoms with Crippen molar-refractivity contribution in [3.63, 3.8) is 0 Å². The fourth-order valence-electron chi connectivity index (χ4n) is 3.24. The van der Waals surface area contributed by atoms with E-state index >= 15 is 0 Å². The minimum absolute atomic E-state index is 0.0629. The van der Waals surface area contributed by atoms with E-state index in [1.807, 2.05) is 30.5 Å². The molecule has 6 nitrogen and oxygen atoms in total. The van der Waals surface area contributed by atoms with Crippen molar-refractivity contribution in [3.05, 3.63) is 59.4 Å². The predicted octanol–water partition coefficient (Wildman–Crippen LogP) is 3.12. The summed E-state index contributed by atoms with van der Waals surface area (Å²) in [4.78, 5) is 7.92. The first-order chi connectivity index (χ1) is 12.0. The van der Waals surface area contributed by atoms with Gasteiger partial charge in [0.05, 0.1) is 29.6 Å². The van der Waals surface area contributed by atoms with Crippen LogP contribution in [0.15, 0.2) is 47.7 Å². The van der Waals surface area contributed by atoms with Crippen molar-refractivity contribution < 1.29 is 0 Å². The van der Waals surface area contributed by atoms with Crippen LogP contribution in [0.2, 0.25) is 0 Å². The van der Waals surface area contributed by atoms with E-state index in [1.54, 1.807) is 18.5 Å². The first-order valence-corrected chi connectivity index (χ1v) is 7.97. The summed E-state index contributed by atoms with van der Waals surface area (Å²) < 4.78 is 0. The van der Waals surface area contributed by atoms with Gasteiger partial charge in [0.25, 0.3) is 0 Å². The van der Waals surface area contributed by atoms with E-state index in [0.717, 1.165) is 17.7 Å². The SMILES string of the molecule is CC1(C)Cc2ccc(C#N)cc2C1N/C(=N/C#N)Nc1cccnc1. The topological polar surface area (TPSA) is 96.9 Å². The smallest absolute Gasteiger partial charge is 0.212 e. The molecule has 0 spiro atoms. The molecule has 6 heteroatoms. The van der Waals surface area contributed by atoms with E-state index in [1.165, 1.54) is 5.56 Å². The summed E-state index contributed by atoms with van der Waals surface area (Å²) in [5, 5.41) is 24.6. The van der Waals surface area contributed by atoms with E-state index in [0.29, 0.717) is 11.5 Å². The normalized spacial score (nSPS) is 17.9. The van der Waals surface area contributed by atoms with Crippen molar-refractivity contribution in [3.8, 4) is 12.3 Å². The van der Waals surface area contributed by atoms with Crippen LogP contribution in [0.5, 0.6) is 0 Å². The van der Waals surface area contributed by atoms with E-state index in [4.69, 9.17) is 5.26 Å². The molecule has 0 bridgehead atoms. The van der Waals surface area contributed by atoms with Crippen LogP contribution in [0, 0.1) is 28.2 Å². The molecular weight excluding hydrogens is 312 g/mol. The Labute approximate surface area is 146 Å². The summed E-state index contributed by atoms with van der Waals surface area (Å²) in [7, 11) is 0. The van der Waals surface area contributed by atoms with Crippen LogP contribution >= 0.6 is 0 Å². The second-order valence-electron chi connectivity index (χ2n) is 6.70. The summed E-state index contributed by atoms with van der Waals surface area (Å²) in [5.74, 6) is 0.365. The maximum atomic E-state index is 9.19. The molecule has 0 fully saturated rings. The van der Waals surface area contributed by atoms with Crippen LogP contribution in [0.25, 0.3) is 0 Å². The third-order valence-corrected chi connectivity index (χ3v) is 4.38. The number of benzene rings is 1. The van der Waals surface area contributed by atoms with Crippen molar-refractivity contribution in [2.75, 3.05) is 5.32 Å². The average Bonchev–Trinajstić information content (AvgIpc) is 2.85. The van der Waals surface area contributed by atoms with Crippen molar-refractivity contribution in [1.29, 1.82) is 10.5 Å². The third kappa shape index (κ3) is 3.44. The molecule has 0 aliphatic heterocycles. The van der Waals surface area contributed by atoms with Gasteiger partial charge in [0.2, 0.25) is 12.2 Å². The number of aliphatic imine (C=N–C) groups is 1. The fraction of sp³-hybridized carbons (Fsp3) is 0.263. The van der Waals surface area contributed by atoms with Gasteiger partial charge in [0.15, 0.2) is 0 Å². The highest BCUT2D eigenvalue weighted by molar-refractivity contribution is 5.94. The Morgan fingerprint density at radius 1 is 1.32 bits per heavy atom. The van der Waals surface area contributed by atoms with Crippen molar-refractivity contribution in [1.82, 2.24) is 10.3 Å². The number of nitriles is 2. The van der Waals surface area contributed by atoms with Crippen LogP contribution in [0.4, 0.5) is 5.69 Å². The Kier molecular flexibility index (Phi) is 4.36. The largest absolute Gasteiger partial charge is 0.348 e. The maximum absolute atomic E-state index is 9.19. The number of guanidine groups is 1. The van der Waals surface area contributed by atoms with Gasteiger partial charge in [-0.2, -0.15) is 10.5 Å². The summed E-state index contributed by atoms with van der Waals surface area (Å²) in [5.41, 5.74) is 3.57. The zero-order valence-electron chi connectivity index (χ0n) is 14.1. The van der Waals surface area contributed by atoms with Crippen LogP contribution in [-0.4, -0.2) is 10.9 Å². The lowest BCUT2D eigenvalue weighted by molar-refractivity contribution is 0.297. The van der Waals surface area contributed by atoms with Crippen LogP contribution in [-0.2, 0) is 6.42 Å². The molecule has 2 aromatic rings. The molecule has 1 aromatic heterocycles. The molecule has 2 N–H and O–H groups in total. The quantitative estimate of drug-likeness (QED) is 0.501. The van der Waals surface area contributed by atoms with Gasteiger partial charge < -0.3 is 10.6 Å². The molecule has 0 saturated heterocycles. The highest BCUT2D eigenvalue weighted by Gasteiger charge is 2.39. The molecular formula is C19H18N6. The van der Waals surface area contributed by atoms with Crippen LogP contribution < -0.4 is 10.6 Å². The van der Waals surface area contributed by atoms with E-state index in [9.17, 15) is 5.26 Å². The number of rotatable bonds is 2. The lowest BCUT2D eigenvalue weighted by atomic mass is 9.85. The highest BCUT2D eigenvalue weighted by atomic mass is 15.2. The van der Waals surface area contributed by atoms with Gasteiger partial charge >= 0.3 is 0 Å². The number of nitrogens with zero attached hydrogens (tertiary/aromatic N) is 4. The molecule has 1 aromatic carbocycles. The standard InChI is InChI=1S/C19H18N6/c1-19(2)9-14-6-5-13(10-20)8-16(14)17(19)25-18(23-12-21)24-15-4-3-7-22-11-15/h3-8,11,17H,9H2,1-2H3,(H2,23,24,25). The minimum Gasteiger partial charge on any atom is -0.348 e. The Bertz CT molecular complexity index is 886. The first kappa shape index (κ1) is 16.5. The van der Waals surface area contributed by atoms with Gasteiger partial charge in [-0.15, -0.1) is 4.99 Å². The Hall–Kier alpha value is -3.38. The lowest BCUT2D eigenvalue weighted by Crippen LogP contribution is -2.39. The second-order valence-corrected chi connectivity index (χ2v) is 6.70. The van der Waals surface area contributed by atoms with Gasteiger partial charge in [0.1, 0.15) is 0 Å². The van der Waals surface area contributed by atoms with Crippen molar-refractivity contribution in [2.45, 2.75) is 26.3 Å². The summed E-state index contributed by atoms with van der Waals surface area (Å²) >= 11 is 0. The number of pyridine rings is 1. The number of anilines is 1. The molecule has 0 radical (unpaired) electrons. The molecule has 1 aliphatic rings. The number of fused-ring (bicyclic) bond motifs is 1. The van der Waals surface area contributed by atoms with Gasteiger partial charge in [-0.25, -0.2) is 0 Å². The van der Waals surface area contributed by atoms with Gasteiger partial charge in [-0.05, 0) is 47.2 Å². The third-order valence-electron chi connectivity index (χ3n) is 4.38. The average molecular weight is 330 g/mol. The number of hydrogen-bond acceptors (Lipinski definition) is 4. The van der Waals surface area contributed by atoms with Gasteiger partial charge in [0, 0.05) is 6.20 Å². The Morgan fingerprint density at radius 2 is 2.16 bits per heavy atom. The van der Waals surface area contributed by atoms with Crippen LogP contribution in [0.3, 0.4) is 0 Å². The van der Waals surface area contributed by atoms with E-state index in [-0.39, 0.29) is 11.5 Å².